The number of benzene rings is 3. The first-order valence-corrected chi connectivity index (χ1v) is 7.37. The first kappa shape index (κ1) is 14.7. The van der Waals surface area contributed by atoms with Crippen LogP contribution in [0, 0.1) is 0 Å². The van der Waals surface area contributed by atoms with E-state index in [9.17, 15) is 0 Å². The van der Waals surface area contributed by atoms with Crippen LogP contribution in [0.25, 0.3) is 5.57 Å². The topological polar surface area (TPSA) is 61.3 Å². The summed E-state index contributed by atoms with van der Waals surface area (Å²) in [5.74, 6) is 0.587. The van der Waals surface area contributed by atoms with Crippen molar-refractivity contribution in [3.8, 4) is 5.75 Å². The molecule has 3 rings (SSSR count). The zero-order chi connectivity index (χ0) is 16.1. The molecule has 114 valence electrons. The molecule has 0 atom stereocenters. The van der Waals surface area contributed by atoms with Gasteiger partial charge in [-0.1, -0.05) is 60.7 Å². The Kier molecular flexibility index (Phi) is 4.29. The lowest BCUT2D eigenvalue weighted by atomic mass is 9.99. The fraction of sp³-hybridized carbons (Fsp3) is 0. The van der Waals surface area contributed by atoms with E-state index in [0.717, 1.165) is 16.7 Å². The minimum Gasteiger partial charge on any atom is -0.462 e. The summed E-state index contributed by atoms with van der Waals surface area (Å²) in [5.41, 5.74) is 15.9. The van der Waals surface area contributed by atoms with Crippen LogP contribution in [0.15, 0.2) is 85.1 Å². The summed E-state index contributed by atoms with van der Waals surface area (Å²) in [4.78, 5) is 0. The molecule has 0 aliphatic rings. The summed E-state index contributed by atoms with van der Waals surface area (Å²) < 4.78 is 5.82. The Morgan fingerprint density at radius 2 is 1.30 bits per heavy atom. The van der Waals surface area contributed by atoms with Gasteiger partial charge in [0.25, 0.3) is 0 Å². The molecule has 0 aliphatic carbocycles. The Hall–Kier alpha value is -3.20. The van der Waals surface area contributed by atoms with Gasteiger partial charge < -0.3 is 16.2 Å². The van der Waals surface area contributed by atoms with Crippen molar-refractivity contribution in [2.24, 2.45) is 0 Å². The van der Waals surface area contributed by atoms with Crippen LogP contribution in [0.1, 0.15) is 11.1 Å². The molecule has 0 unspecified atom stereocenters. The normalized spacial score (nSPS) is 10.1. The number of nitrogen functional groups attached to an aromatic ring is 2. The van der Waals surface area contributed by atoms with Gasteiger partial charge in [-0.05, 0) is 29.3 Å². The molecular formula is C20H18N2O. The zero-order valence-electron chi connectivity index (χ0n) is 12.6. The van der Waals surface area contributed by atoms with Crippen LogP contribution in [0.2, 0.25) is 0 Å². The molecule has 4 N–H and O–H groups in total. The molecule has 0 aliphatic heterocycles. The lowest BCUT2D eigenvalue weighted by Crippen LogP contribution is -1.96. The van der Waals surface area contributed by atoms with Gasteiger partial charge in [-0.3, -0.25) is 0 Å². The van der Waals surface area contributed by atoms with E-state index in [1.165, 1.54) is 0 Å². The Morgan fingerprint density at radius 3 is 1.83 bits per heavy atom. The van der Waals surface area contributed by atoms with Gasteiger partial charge in [0.15, 0.2) is 0 Å². The van der Waals surface area contributed by atoms with Crippen LogP contribution in [0.5, 0.6) is 5.75 Å². The molecule has 0 saturated carbocycles. The lowest BCUT2D eigenvalue weighted by Gasteiger charge is -2.10. The van der Waals surface area contributed by atoms with Crippen molar-refractivity contribution >= 4 is 16.9 Å². The van der Waals surface area contributed by atoms with E-state index in [-0.39, 0.29) is 0 Å². The lowest BCUT2D eigenvalue weighted by molar-refractivity contribution is 0.486. The highest BCUT2D eigenvalue weighted by Gasteiger charge is 2.06. The quantitative estimate of drug-likeness (QED) is 0.557. The van der Waals surface area contributed by atoms with Gasteiger partial charge >= 0.3 is 0 Å². The average molecular weight is 302 g/mol. The number of hydrogen-bond acceptors (Lipinski definition) is 3. The van der Waals surface area contributed by atoms with E-state index in [0.29, 0.717) is 17.1 Å². The van der Waals surface area contributed by atoms with Crippen LogP contribution in [-0.4, -0.2) is 0 Å². The number of hydrogen-bond donors (Lipinski definition) is 2. The number of ether oxygens (including phenoxy) is 1. The molecule has 23 heavy (non-hydrogen) atoms. The molecule has 3 aromatic carbocycles. The van der Waals surface area contributed by atoms with Crippen molar-refractivity contribution in [2.45, 2.75) is 0 Å². The van der Waals surface area contributed by atoms with Crippen molar-refractivity contribution in [1.82, 2.24) is 0 Å². The van der Waals surface area contributed by atoms with Crippen molar-refractivity contribution in [3.05, 3.63) is 96.3 Å². The standard InChI is InChI=1S/C20H18N2O/c21-17-11-12-20(19(22)13-17)23-14-18(15-7-3-1-4-8-15)16-9-5-2-6-10-16/h1-14H,21-22H2. The van der Waals surface area contributed by atoms with E-state index in [1.807, 2.05) is 36.4 Å². The summed E-state index contributed by atoms with van der Waals surface area (Å²) >= 11 is 0. The second kappa shape index (κ2) is 6.71. The van der Waals surface area contributed by atoms with Crippen LogP contribution in [0.4, 0.5) is 11.4 Å². The number of nitrogens with two attached hydrogens (primary N) is 2. The molecule has 0 radical (unpaired) electrons. The van der Waals surface area contributed by atoms with Gasteiger partial charge in [-0.25, -0.2) is 0 Å². The molecule has 3 aromatic rings. The van der Waals surface area contributed by atoms with Crippen molar-refractivity contribution in [2.75, 3.05) is 11.5 Å². The Morgan fingerprint density at radius 1 is 0.739 bits per heavy atom. The maximum atomic E-state index is 5.95. The molecule has 0 bridgehead atoms. The zero-order valence-corrected chi connectivity index (χ0v) is 12.6. The SMILES string of the molecule is Nc1ccc(OC=C(c2ccccc2)c2ccccc2)c(N)c1. The first-order chi connectivity index (χ1) is 11.2. The Bertz CT molecular complexity index is 770. The predicted molar refractivity (Wildman–Crippen MR) is 95.9 cm³/mol. The monoisotopic (exact) mass is 302 g/mol. The van der Waals surface area contributed by atoms with E-state index >= 15 is 0 Å². The molecule has 0 fully saturated rings. The summed E-state index contributed by atoms with van der Waals surface area (Å²) in [6, 6.07) is 25.4. The molecule has 0 spiro atoms. The minimum atomic E-state index is 0.515. The summed E-state index contributed by atoms with van der Waals surface area (Å²) in [6.07, 6.45) is 1.73. The maximum Gasteiger partial charge on any atom is 0.149 e. The van der Waals surface area contributed by atoms with Crippen LogP contribution < -0.4 is 16.2 Å². The largest absolute Gasteiger partial charge is 0.462 e. The van der Waals surface area contributed by atoms with Gasteiger partial charge in [0.2, 0.25) is 0 Å². The second-order valence-corrected chi connectivity index (χ2v) is 5.18. The highest BCUT2D eigenvalue weighted by Crippen LogP contribution is 2.27. The summed E-state index contributed by atoms with van der Waals surface area (Å²) in [7, 11) is 0. The van der Waals surface area contributed by atoms with Crippen LogP contribution in [0.3, 0.4) is 0 Å². The van der Waals surface area contributed by atoms with E-state index in [1.54, 1.807) is 24.5 Å². The van der Waals surface area contributed by atoms with Gasteiger partial charge in [0.05, 0.1) is 11.9 Å². The van der Waals surface area contributed by atoms with Gasteiger partial charge in [-0.2, -0.15) is 0 Å². The second-order valence-electron chi connectivity index (χ2n) is 5.18. The predicted octanol–water partition coefficient (Wildman–Crippen LogP) is 4.32. The molecule has 3 nitrogen and oxygen atoms in total. The Balaban J connectivity index is 1.98. The fourth-order valence-corrected chi connectivity index (χ4v) is 2.33. The first-order valence-electron chi connectivity index (χ1n) is 7.37. The van der Waals surface area contributed by atoms with E-state index in [2.05, 4.69) is 24.3 Å². The van der Waals surface area contributed by atoms with Gasteiger partial charge in [0.1, 0.15) is 5.75 Å². The van der Waals surface area contributed by atoms with Crippen molar-refractivity contribution in [3.63, 3.8) is 0 Å². The third-order valence-corrected chi connectivity index (χ3v) is 3.51. The summed E-state index contributed by atoms with van der Waals surface area (Å²) in [5, 5.41) is 0. The van der Waals surface area contributed by atoms with E-state index in [4.69, 9.17) is 16.2 Å². The number of anilines is 2. The van der Waals surface area contributed by atoms with E-state index < -0.39 is 0 Å². The van der Waals surface area contributed by atoms with Crippen LogP contribution >= 0.6 is 0 Å². The van der Waals surface area contributed by atoms with Gasteiger partial charge in [-0.15, -0.1) is 0 Å². The summed E-state index contributed by atoms with van der Waals surface area (Å²) in [6.45, 7) is 0. The fourth-order valence-electron chi connectivity index (χ4n) is 2.33. The molecule has 0 aromatic heterocycles. The smallest absolute Gasteiger partial charge is 0.149 e. The minimum absolute atomic E-state index is 0.515. The van der Waals surface area contributed by atoms with Crippen molar-refractivity contribution in [1.29, 1.82) is 0 Å². The Labute approximate surface area is 135 Å². The highest BCUT2D eigenvalue weighted by molar-refractivity contribution is 5.79. The molecule has 0 heterocycles. The van der Waals surface area contributed by atoms with Gasteiger partial charge in [0, 0.05) is 11.3 Å². The number of rotatable bonds is 4. The third-order valence-electron chi connectivity index (χ3n) is 3.51. The highest BCUT2D eigenvalue weighted by atomic mass is 16.5. The third kappa shape index (κ3) is 3.52. The van der Waals surface area contributed by atoms with Crippen molar-refractivity contribution < 1.29 is 4.74 Å². The molecule has 0 amide bonds. The molecule has 0 saturated heterocycles. The average Bonchev–Trinajstić information content (AvgIpc) is 2.59. The van der Waals surface area contributed by atoms with Crippen LogP contribution in [-0.2, 0) is 0 Å². The molecular weight excluding hydrogens is 284 g/mol. The molecule has 3 heteroatoms. The maximum absolute atomic E-state index is 5.95.